The van der Waals surface area contributed by atoms with E-state index in [1.165, 1.54) is 0 Å². The van der Waals surface area contributed by atoms with Crippen LogP contribution < -0.4 is 0 Å². The Balaban J connectivity index is 2.78. The van der Waals surface area contributed by atoms with Crippen LogP contribution >= 0.6 is 11.8 Å². The lowest BCUT2D eigenvalue weighted by Gasteiger charge is -2.29. The van der Waals surface area contributed by atoms with Crippen molar-refractivity contribution in [2.75, 3.05) is 19.9 Å². The topological polar surface area (TPSA) is 40.5 Å². The van der Waals surface area contributed by atoms with Crippen LogP contribution in [0.25, 0.3) is 0 Å². The summed E-state index contributed by atoms with van der Waals surface area (Å²) >= 11 is 1.69. The van der Waals surface area contributed by atoms with Crippen LogP contribution in [-0.2, 0) is 4.79 Å². The van der Waals surface area contributed by atoms with Gasteiger partial charge in [0, 0.05) is 25.3 Å². The fourth-order valence-corrected chi connectivity index (χ4v) is 2.34. The third-order valence-electron chi connectivity index (χ3n) is 3.31. The number of hydrogen-bond donors (Lipinski definition) is 1. The van der Waals surface area contributed by atoms with Crippen molar-refractivity contribution in [1.29, 1.82) is 0 Å². The predicted molar refractivity (Wildman–Crippen MR) is 81.2 cm³/mol. The van der Waals surface area contributed by atoms with Gasteiger partial charge >= 0.3 is 0 Å². The number of amides is 1. The lowest BCUT2D eigenvalue weighted by Crippen LogP contribution is -2.33. The fraction of sp³-hybridized carbons (Fsp3) is 0.533. The second kappa shape index (κ2) is 8.23. The normalized spacial score (nSPS) is 13.9. The summed E-state index contributed by atoms with van der Waals surface area (Å²) < 4.78 is 0. The largest absolute Gasteiger partial charge is 0.396 e. The molecular weight excluding hydrogens is 258 g/mol. The summed E-state index contributed by atoms with van der Waals surface area (Å²) in [5, 5.41) is 9.53. The number of nitrogens with zero attached hydrogens (tertiary/aromatic N) is 1. The Bertz CT molecular complexity index is 383. The summed E-state index contributed by atoms with van der Waals surface area (Å²) in [5.74, 6) is 0.129. The van der Waals surface area contributed by atoms with Crippen LogP contribution in [0.5, 0.6) is 0 Å². The third kappa shape index (κ3) is 4.88. The van der Waals surface area contributed by atoms with Gasteiger partial charge in [-0.15, -0.1) is 0 Å². The number of thioether (sulfide) groups is 1. The molecule has 1 aromatic carbocycles. The molecule has 3 nitrogen and oxygen atoms in total. The van der Waals surface area contributed by atoms with E-state index in [2.05, 4.69) is 6.92 Å². The highest BCUT2D eigenvalue weighted by atomic mass is 32.2. The predicted octanol–water partition coefficient (Wildman–Crippen LogP) is 2.71. The average Bonchev–Trinajstić information content (AvgIpc) is 2.44. The molecule has 0 aromatic heterocycles. The van der Waals surface area contributed by atoms with Gasteiger partial charge in [-0.1, -0.05) is 37.3 Å². The minimum Gasteiger partial charge on any atom is -0.396 e. The molecule has 0 fully saturated rings. The molecule has 1 N–H and O–H groups in total. The maximum atomic E-state index is 12.2. The van der Waals surface area contributed by atoms with Gasteiger partial charge in [-0.3, -0.25) is 4.79 Å². The van der Waals surface area contributed by atoms with Crippen LogP contribution in [0, 0.1) is 0 Å². The summed E-state index contributed by atoms with van der Waals surface area (Å²) in [4.78, 5) is 14.0. The second-order valence-corrected chi connectivity index (χ2v) is 5.97. The molecule has 0 heterocycles. The minimum atomic E-state index is -0.0484. The zero-order valence-corrected chi connectivity index (χ0v) is 12.7. The molecular formula is C15H23NO2S. The molecule has 1 aromatic rings. The van der Waals surface area contributed by atoms with Gasteiger partial charge in [0.25, 0.3) is 0 Å². The zero-order valence-electron chi connectivity index (χ0n) is 11.9. The van der Waals surface area contributed by atoms with Gasteiger partial charge in [-0.25, -0.2) is 0 Å². The summed E-state index contributed by atoms with van der Waals surface area (Å²) in [5.41, 5.74) is 1.07. The number of aliphatic hydroxyl groups is 1. The molecule has 0 saturated carbocycles. The van der Waals surface area contributed by atoms with E-state index in [0.717, 1.165) is 5.56 Å². The van der Waals surface area contributed by atoms with E-state index in [4.69, 9.17) is 0 Å². The van der Waals surface area contributed by atoms with Crippen LogP contribution in [0.2, 0.25) is 0 Å². The summed E-state index contributed by atoms with van der Waals surface area (Å²) in [6.45, 7) is 2.13. The Morgan fingerprint density at radius 2 is 2.00 bits per heavy atom. The highest BCUT2D eigenvalue weighted by molar-refractivity contribution is 7.99. The van der Waals surface area contributed by atoms with Crippen molar-refractivity contribution in [1.82, 2.24) is 4.90 Å². The molecule has 2 atom stereocenters. The smallest absolute Gasteiger partial charge is 0.223 e. The van der Waals surface area contributed by atoms with Crippen molar-refractivity contribution >= 4 is 17.7 Å². The van der Waals surface area contributed by atoms with Crippen LogP contribution in [0.15, 0.2) is 30.3 Å². The van der Waals surface area contributed by atoms with Gasteiger partial charge in [-0.2, -0.15) is 11.8 Å². The molecule has 0 aliphatic rings. The molecule has 0 bridgehead atoms. The highest BCUT2D eigenvalue weighted by Gasteiger charge is 2.22. The molecule has 0 aliphatic heterocycles. The van der Waals surface area contributed by atoms with Gasteiger partial charge in [0.1, 0.15) is 0 Å². The van der Waals surface area contributed by atoms with Crippen LogP contribution in [0.1, 0.15) is 31.4 Å². The van der Waals surface area contributed by atoms with Crippen molar-refractivity contribution in [3.8, 4) is 0 Å². The van der Waals surface area contributed by atoms with Crippen LogP contribution in [0.3, 0.4) is 0 Å². The monoisotopic (exact) mass is 281 g/mol. The van der Waals surface area contributed by atoms with Gasteiger partial charge in [0.2, 0.25) is 5.91 Å². The molecule has 4 heteroatoms. The molecule has 1 amide bonds. The van der Waals surface area contributed by atoms with E-state index in [1.54, 1.807) is 16.7 Å². The summed E-state index contributed by atoms with van der Waals surface area (Å²) in [6, 6.07) is 9.83. The first-order valence-electron chi connectivity index (χ1n) is 6.54. The summed E-state index contributed by atoms with van der Waals surface area (Å²) in [7, 11) is 1.82. The van der Waals surface area contributed by atoms with E-state index >= 15 is 0 Å². The maximum Gasteiger partial charge on any atom is 0.223 e. The Labute approximate surface area is 120 Å². The van der Waals surface area contributed by atoms with Gasteiger partial charge in [0.15, 0.2) is 0 Å². The van der Waals surface area contributed by atoms with E-state index in [1.807, 2.05) is 43.6 Å². The van der Waals surface area contributed by atoms with Gasteiger partial charge in [-0.05, 0) is 18.2 Å². The Kier molecular flexibility index (Phi) is 6.95. The lowest BCUT2D eigenvalue weighted by atomic mass is 10.0. The lowest BCUT2D eigenvalue weighted by molar-refractivity contribution is -0.132. The van der Waals surface area contributed by atoms with E-state index in [9.17, 15) is 9.90 Å². The van der Waals surface area contributed by atoms with Gasteiger partial charge in [0.05, 0.1) is 6.04 Å². The molecule has 0 saturated heterocycles. The first kappa shape index (κ1) is 16.1. The molecule has 0 radical (unpaired) electrons. The molecule has 106 valence electrons. The maximum absolute atomic E-state index is 12.2. The summed E-state index contributed by atoms with van der Waals surface area (Å²) in [6.07, 6.45) is 3.12. The standard InChI is InChI=1S/C15H23NO2S/c1-12(19-3)11-15(18)16(2)14(9-10-17)13-7-5-4-6-8-13/h4-8,12,14,17H,9-11H2,1-3H3. The quantitative estimate of drug-likeness (QED) is 0.835. The van der Waals surface area contributed by atoms with Crippen LogP contribution in [0.4, 0.5) is 0 Å². The number of carbonyl (C=O) groups is 1. The third-order valence-corrected chi connectivity index (χ3v) is 4.28. The number of benzene rings is 1. The van der Waals surface area contributed by atoms with E-state index in [0.29, 0.717) is 18.1 Å². The van der Waals surface area contributed by atoms with Crippen molar-refractivity contribution in [2.45, 2.75) is 31.1 Å². The number of rotatable bonds is 7. The Morgan fingerprint density at radius 1 is 1.37 bits per heavy atom. The number of carbonyl (C=O) groups excluding carboxylic acids is 1. The van der Waals surface area contributed by atoms with E-state index in [-0.39, 0.29) is 18.6 Å². The van der Waals surface area contributed by atoms with Crippen molar-refractivity contribution in [2.24, 2.45) is 0 Å². The average molecular weight is 281 g/mol. The minimum absolute atomic E-state index is 0.0484. The molecule has 1 rings (SSSR count). The first-order valence-corrected chi connectivity index (χ1v) is 7.83. The Hall–Kier alpha value is -1.00. The van der Waals surface area contributed by atoms with Crippen molar-refractivity contribution < 1.29 is 9.90 Å². The second-order valence-electron chi connectivity index (χ2n) is 4.69. The van der Waals surface area contributed by atoms with Crippen molar-refractivity contribution in [3.05, 3.63) is 35.9 Å². The number of aliphatic hydroxyl groups excluding tert-OH is 1. The van der Waals surface area contributed by atoms with E-state index < -0.39 is 0 Å². The molecule has 0 spiro atoms. The Morgan fingerprint density at radius 3 is 2.53 bits per heavy atom. The van der Waals surface area contributed by atoms with Crippen molar-refractivity contribution in [3.63, 3.8) is 0 Å². The molecule has 2 unspecified atom stereocenters. The number of hydrogen-bond acceptors (Lipinski definition) is 3. The zero-order chi connectivity index (χ0) is 14.3. The fourth-order valence-electron chi connectivity index (χ4n) is 2.03. The molecule has 0 aliphatic carbocycles. The highest BCUT2D eigenvalue weighted by Crippen LogP contribution is 2.24. The van der Waals surface area contributed by atoms with Crippen LogP contribution in [-0.4, -0.2) is 41.1 Å². The molecule has 19 heavy (non-hydrogen) atoms. The SMILES string of the molecule is CSC(C)CC(=O)N(C)C(CCO)c1ccccc1. The van der Waals surface area contributed by atoms with Gasteiger partial charge < -0.3 is 10.0 Å². The first-order chi connectivity index (χ1) is 9.10.